The van der Waals surface area contributed by atoms with Gasteiger partial charge in [0.1, 0.15) is 11.7 Å². The molecule has 0 aliphatic heterocycles. The number of carbonyl (C=O) groups excluding carboxylic acids is 1. The highest BCUT2D eigenvalue weighted by Gasteiger charge is 2.07. The Labute approximate surface area is 81.3 Å². The number of halogens is 1. The summed E-state index contributed by atoms with van der Waals surface area (Å²) in [4.78, 5) is 18.7. The highest BCUT2D eigenvalue weighted by molar-refractivity contribution is 6.30. The Morgan fingerprint density at radius 2 is 2.54 bits per heavy atom. The van der Waals surface area contributed by atoms with E-state index in [0.29, 0.717) is 6.54 Å². The standard InChI is InChI=1S/C8H10ClN3O/c1-6(9)8(13)11-4-7-2-3-10-5-12-7/h2-3,5-6H,4H2,1H3,(H,11,13). The molecule has 0 aliphatic carbocycles. The van der Waals surface area contributed by atoms with Crippen molar-refractivity contribution < 1.29 is 4.79 Å². The smallest absolute Gasteiger partial charge is 0.238 e. The van der Waals surface area contributed by atoms with E-state index < -0.39 is 5.38 Å². The normalized spacial score (nSPS) is 12.2. The summed E-state index contributed by atoms with van der Waals surface area (Å²) in [5, 5.41) is 2.13. The van der Waals surface area contributed by atoms with Gasteiger partial charge in [-0.2, -0.15) is 0 Å². The number of nitrogens with one attached hydrogen (secondary N) is 1. The molecule has 0 radical (unpaired) electrons. The monoisotopic (exact) mass is 199 g/mol. The molecule has 4 nitrogen and oxygen atoms in total. The number of rotatable bonds is 3. The molecule has 5 heteroatoms. The van der Waals surface area contributed by atoms with Crippen molar-refractivity contribution in [3.05, 3.63) is 24.3 Å². The van der Waals surface area contributed by atoms with Gasteiger partial charge in [-0.15, -0.1) is 11.6 Å². The zero-order valence-corrected chi connectivity index (χ0v) is 7.95. The first-order chi connectivity index (χ1) is 6.20. The van der Waals surface area contributed by atoms with Crippen LogP contribution in [-0.4, -0.2) is 21.3 Å². The van der Waals surface area contributed by atoms with Gasteiger partial charge in [0, 0.05) is 6.20 Å². The average molecular weight is 200 g/mol. The maximum absolute atomic E-state index is 11.0. The fraction of sp³-hybridized carbons (Fsp3) is 0.375. The molecule has 1 N–H and O–H groups in total. The summed E-state index contributed by atoms with van der Waals surface area (Å²) in [6, 6.07) is 1.74. The van der Waals surface area contributed by atoms with E-state index in [1.54, 1.807) is 19.2 Å². The third-order valence-electron chi connectivity index (χ3n) is 1.45. The van der Waals surface area contributed by atoms with Gasteiger partial charge in [-0.1, -0.05) is 0 Å². The zero-order valence-electron chi connectivity index (χ0n) is 7.20. The lowest BCUT2D eigenvalue weighted by atomic mass is 10.4. The van der Waals surface area contributed by atoms with Crippen LogP contribution in [0.3, 0.4) is 0 Å². The van der Waals surface area contributed by atoms with Crippen LogP contribution in [0.4, 0.5) is 0 Å². The summed E-state index contributed by atoms with van der Waals surface area (Å²) in [6.45, 7) is 2.01. The Morgan fingerprint density at radius 3 is 3.08 bits per heavy atom. The highest BCUT2D eigenvalue weighted by atomic mass is 35.5. The molecule has 0 saturated carbocycles. The van der Waals surface area contributed by atoms with E-state index in [1.165, 1.54) is 6.33 Å². The van der Waals surface area contributed by atoms with Gasteiger partial charge in [-0.05, 0) is 13.0 Å². The topological polar surface area (TPSA) is 54.9 Å². The van der Waals surface area contributed by atoms with Crippen LogP contribution >= 0.6 is 11.6 Å². The number of aromatic nitrogens is 2. The first-order valence-electron chi connectivity index (χ1n) is 3.87. The van der Waals surface area contributed by atoms with Crippen LogP contribution in [0.2, 0.25) is 0 Å². The van der Waals surface area contributed by atoms with Crippen LogP contribution < -0.4 is 5.32 Å². The highest BCUT2D eigenvalue weighted by Crippen LogP contribution is 1.94. The SMILES string of the molecule is CC(Cl)C(=O)NCc1ccncn1. The third-order valence-corrected chi connectivity index (χ3v) is 1.65. The van der Waals surface area contributed by atoms with E-state index >= 15 is 0 Å². The molecule has 0 spiro atoms. The van der Waals surface area contributed by atoms with Crippen LogP contribution in [0.5, 0.6) is 0 Å². The summed E-state index contributed by atoms with van der Waals surface area (Å²) >= 11 is 5.55. The molecule has 0 saturated heterocycles. The molecule has 1 unspecified atom stereocenters. The average Bonchev–Trinajstić information content (AvgIpc) is 2.15. The fourth-order valence-electron chi connectivity index (χ4n) is 0.741. The Balaban J connectivity index is 2.40. The summed E-state index contributed by atoms with van der Waals surface area (Å²) in [7, 11) is 0. The van der Waals surface area contributed by atoms with E-state index in [4.69, 9.17) is 11.6 Å². The van der Waals surface area contributed by atoms with Crippen LogP contribution in [0, 0.1) is 0 Å². The number of hydrogen-bond acceptors (Lipinski definition) is 3. The second-order valence-corrected chi connectivity index (χ2v) is 3.19. The van der Waals surface area contributed by atoms with Crippen molar-refractivity contribution in [3.63, 3.8) is 0 Å². The van der Waals surface area contributed by atoms with Crippen molar-refractivity contribution in [2.45, 2.75) is 18.8 Å². The fourth-order valence-corrected chi connectivity index (χ4v) is 0.818. The number of hydrogen-bond donors (Lipinski definition) is 1. The number of amides is 1. The first kappa shape index (κ1) is 9.92. The number of nitrogens with zero attached hydrogens (tertiary/aromatic N) is 2. The Hall–Kier alpha value is -1.16. The van der Waals surface area contributed by atoms with Crippen molar-refractivity contribution in [2.75, 3.05) is 0 Å². The van der Waals surface area contributed by atoms with Gasteiger partial charge < -0.3 is 5.32 Å². The summed E-state index contributed by atoms with van der Waals surface area (Å²) in [5.74, 6) is -0.194. The van der Waals surface area contributed by atoms with Gasteiger partial charge in [0.25, 0.3) is 0 Å². The zero-order chi connectivity index (χ0) is 9.68. The van der Waals surface area contributed by atoms with E-state index in [0.717, 1.165) is 5.69 Å². The van der Waals surface area contributed by atoms with Crippen molar-refractivity contribution in [1.82, 2.24) is 15.3 Å². The van der Waals surface area contributed by atoms with E-state index in [1.807, 2.05) is 0 Å². The summed E-state index contributed by atoms with van der Waals surface area (Å²) in [5.41, 5.74) is 0.765. The molecule has 0 aliphatic rings. The molecule has 13 heavy (non-hydrogen) atoms. The molecule has 0 fully saturated rings. The maximum atomic E-state index is 11.0. The molecule has 70 valence electrons. The molecule has 1 aromatic rings. The maximum Gasteiger partial charge on any atom is 0.238 e. The van der Waals surface area contributed by atoms with Crippen molar-refractivity contribution >= 4 is 17.5 Å². The lowest BCUT2D eigenvalue weighted by Gasteiger charge is -2.04. The van der Waals surface area contributed by atoms with Gasteiger partial charge in [-0.3, -0.25) is 4.79 Å². The lowest BCUT2D eigenvalue weighted by molar-refractivity contribution is -0.120. The lowest BCUT2D eigenvalue weighted by Crippen LogP contribution is -2.29. The molecule has 1 atom stereocenters. The minimum atomic E-state index is -0.512. The van der Waals surface area contributed by atoms with Crippen molar-refractivity contribution in [2.24, 2.45) is 0 Å². The van der Waals surface area contributed by atoms with E-state index in [2.05, 4.69) is 15.3 Å². The van der Waals surface area contributed by atoms with Crippen molar-refractivity contribution in [3.8, 4) is 0 Å². The van der Waals surface area contributed by atoms with Gasteiger partial charge >= 0.3 is 0 Å². The van der Waals surface area contributed by atoms with Crippen LogP contribution in [0.1, 0.15) is 12.6 Å². The van der Waals surface area contributed by atoms with E-state index in [9.17, 15) is 4.79 Å². The molecule has 0 bridgehead atoms. The van der Waals surface area contributed by atoms with Gasteiger partial charge in [0.05, 0.1) is 12.2 Å². The molecule has 1 aromatic heterocycles. The summed E-state index contributed by atoms with van der Waals surface area (Å²) < 4.78 is 0. The molecular weight excluding hydrogens is 190 g/mol. The Kier molecular flexibility index (Phi) is 3.64. The first-order valence-corrected chi connectivity index (χ1v) is 4.30. The van der Waals surface area contributed by atoms with Crippen LogP contribution in [0.15, 0.2) is 18.6 Å². The van der Waals surface area contributed by atoms with Gasteiger partial charge in [0.2, 0.25) is 5.91 Å². The Morgan fingerprint density at radius 1 is 1.77 bits per heavy atom. The van der Waals surface area contributed by atoms with Crippen LogP contribution in [-0.2, 0) is 11.3 Å². The quantitative estimate of drug-likeness (QED) is 0.730. The molecule has 1 rings (SSSR count). The predicted molar refractivity (Wildman–Crippen MR) is 49.2 cm³/mol. The molecule has 1 amide bonds. The molecule has 1 heterocycles. The second-order valence-electron chi connectivity index (χ2n) is 2.53. The summed E-state index contributed by atoms with van der Waals surface area (Å²) in [6.07, 6.45) is 3.06. The largest absolute Gasteiger partial charge is 0.349 e. The number of alkyl halides is 1. The second kappa shape index (κ2) is 4.77. The van der Waals surface area contributed by atoms with Gasteiger partial charge in [-0.25, -0.2) is 9.97 Å². The minimum absolute atomic E-state index is 0.194. The third kappa shape index (κ3) is 3.38. The molecular formula is C8H10ClN3O. The Bertz CT molecular complexity index is 276. The minimum Gasteiger partial charge on any atom is -0.349 e. The van der Waals surface area contributed by atoms with E-state index in [-0.39, 0.29) is 5.91 Å². The molecule has 0 aromatic carbocycles. The predicted octanol–water partition coefficient (Wildman–Crippen LogP) is 0.720. The van der Waals surface area contributed by atoms with Crippen LogP contribution in [0.25, 0.3) is 0 Å². The number of carbonyl (C=O) groups is 1. The van der Waals surface area contributed by atoms with Gasteiger partial charge in [0.15, 0.2) is 0 Å². The van der Waals surface area contributed by atoms with Crippen molar-refractivity contribution in [1.29, 1.82) is 0 Å².